The summed E-state index contributed by atoms with van der Waals surface area (Å²) in [6, 6.07) is 0. The highest BCUT2D eigenvalue weighted by molar-refractivity contribution is 7.53. The Kier molecular flexibility index (Phi) is 6.22. The first-order valence-corrected chi connectivity index (χ1v) is 7.05. The van der Waals surface area contributed by atoms with Crippen LogP contribution in [0.3, 0.4) is 0 Å². The van der Waals surface area contributed by atoms with Crippen LogP contribution in [-0.4, -0.2) is 34.6 Å². The molecule has 0 radical (unpaired) electrons. The van der Waals surface area contributed by atoms with E-state index in [0.717, 1.165) is 13.8 Å². The lowest BCUT2D eigenvalue weighted by Gasteiger charge is -2.30. The molecule has 17 heavy (non-hydrogen) atoms. The van der Waals surface area contributed by atoms with Crippen LogP contribution in [0.5, 0.6) is 0 Å². The highest BCUT2D eigenvalue weighted by atomic mass is 31.2. The lowest BCUT2D eigenvalue weighted by atomic mass is 10.00. The van der Waals surface area contributed by atoms with Gasteiger partial charge in [0.05, 0.1) is 5.16 Å². The minimum absolute atomic E-state index is 0.276. The van der Waals surface area contributed by atoms with Gasteiger partial charge in [-0.25, -0.2) is 8.78 Å². The summed E-state index contributed by atoms with van der Waals surface area (Å²) in [5.41, 5.74) is 0. The van der Waals surface area contributed by atoms with Crippen LogP contribution in [-0.2, 0) is 9.30 Å². The standard InChI is InChI=1S/C10H21F2O4P/c1-9(2,17(13,14)15)8-10(11,12)6-4-5-7-16-3/h4-8H2,1-3H3,(H2,13,14,15). The van der Waals surface area contributed by atoms with Gasteiger partial charge in [0.25, 0.3) is 0 Å². The summed E-state index contributed by atoms with van der Waals surface area (Å²) in [5.74, 6) is -3.06. The molecule has 0 aromatic carbocycles. The van der Waals surface area contributed by atoms with E-state index in [1.807, 2.05) is 0 Å². The van der Waals surface area contributed by atoms with Crippen LogP contribution >= 0.6 is 7.60 Å². The van der Waals surface area contributed by atoms with Crippen LogP contribution in [0.4, 0.5) is 8.78 Å². The number of rotatable bonds is 8. The van der Waals surface area contributed by atoms with Gasteiger partial charge in [-0.15, -0.1) is 0 Å². The summed E-state index contributed by atoms with van der Waals surface area (Å²) in [6.45, 7) is 2.74. The topological polar surface area (TPSA) is 66.8 Å². The maximum Gasteiger partial charge on any atom is 0.331 e. The SMILES string of the molecule is COCCCCC(F)(F)CC(C)(C)P(=O)(O)O. The third kappa shape index (κ3) is 6.46. The molecule has 2 N–H and O–H groups in total. The molecular weight excluding hydrogens is 253 g/mol. The van der Waals surface area contributed by atoms with Gasteiger partial charge in [-0.3, -0.25) is 4.57 Å². The van der Waals surface area contributed by atoms with Crippen molar-refractivity contribution in [2.75, 3.05) is 13.7 Å². The molecule has 0 saturated heterocycles. The van der Waals surface area contributed by atoms with E-state index in [1.165, 1.54) is 7.11 Å². The van der Waals surface area contributed by atoms with E-state index in [0.29, 0.717) is 13.0 Å². The average Bonchev–Trinajstić information content (AvgIpc) is 2.09. The molecule has 4 nitrogen and oxygen atoms in total. The van der Waals surface area contributed by atoms with E-state index in [1.54, 1.807) is 0 Å². The molecule has 0 bridgehead atoms. The van der Waals surface area contributed by atoms with Crippen molar-refractivity contribution in [1.29, 1.82) is 0 Å². The number of methoxy groups -OCH3 is 1. The Bertz CT molecular complexity index is 275. The molecule has 0 unspecified atom stereocenters. The van der Waals surface area contributed by atoms with Gasteiger partial charge in [0.2, 0.25) is 5.92 Å². The second-order valence-corrected chi connectivity index (χ2v) is 7.14. The molecule has 0 aliphatic heterocycles. The van der Waals surface area contributed by atoms with Gasteiger partial charge < -0.3 is 14.5 Å². The highest BCUT2D eigenvalue weighted by Crippen LogP contribution is 2.54. The molecular formula is C10H21F2O4P. The van der Waals surface area contributed by atoms with Crippen molar-refractivity contribution in [3.8, 4) is 0 Å². The highest BCUT2D eigenvalue weighted by Gasteiger charge is 2.45. The average molecular weight is 274 g/mol. The monoisotopic (exact) mass is 274 g/mol. The molecule has 0 saturated carbocycles. The quantitative estimate of drug-likeness (QED) is 0.527. The summed E-state index contributed by atoms with van der Waals surface area (Å²) in [5, 5.41) is -1.70. The largest absolute Gasteiger partial charge is 0.385 e. The fourth-order valence-electron chi connectivity index (χ4n) is 1.45. The minimum Gasteiger partial charge on any atom is -0.385 e. The van der Waals surface area contributed by atoms with E-state index in [4.69, 9.17) is 14.5 Å². The molecule has 0 amide bonds. The van der Waals surface area contributed by atoms with Gasteiger partial charge >= 0.3 is 7.60 Å². The zero-order valence-electron chi connectivity index (χ0n) is 10.4. The smallest absolute Gasteiger partial charge is 0.331 e. The Morgan fingerprint density at radius 3 is 2.18 bits per heavy atom. The fourth-order valence-corrected chi connectivity index (χ4v) is 1.89. The molecule has 0 aliphatic carbocycles. The first kappa shape index (κ1) is 17.0. The van der Waals surface area contributed by atoms with Gasteiger partial charge in [-0.2, -0.15) is 0 Å². The Hall–Kier alpha value is -0.0300. The number of hydrogen-bond acceptors (Lipinski definition) is 2. The van der Waals surface area contributed by atoms with Crippen LogP contribution in [0, 0.1) is 0 Å². The Labute approximate surface area is 101 Å². The van der Waals surface area contributed by atoms with E-state index in [2.05, 4.69) is 0 Å². The number of halogens is 2. The summed E-state index contributed by atoms with van der Waals surface area (Å²) < 4.78 is 42.8. The van der Waals surface area contributed by atoms with Crippen molar-refractivity contribution >= 4 is 7.60 Å². The molecule has 0 spiro atoms. The van der Waals surface area contributed by atoms with E-state index < -0.39 is 25.1 Å². The molecule has 0 atom stereocenters. The van der Waals surface area contributed by atoms with Gasteiger partial charge in [0, 0.05) is 26.6 Å². The second kappa shape index (κ2) is 6.23. The first-order valence-electron chi connectivity index (χ1n) is 5.44. The van der Waals surface area contributed by atoms with E-state index in [-0.39, 0.29) is 12.8 Å². The fraction of sp³-hybridized carbons (Fsp3) is 1.00. The normalized spacial score (nSPS) is 14.1. The van der Waals surface area contributed by atoms with Crippen molar-refractivity contribution in [3.05, 3.63) is 0 Å². The number of hydrogen-bond donors (Lipinski definition) is 2. The van der Waals surface area contributed by atoms with Crippen LogP contribution in [0.2, 0.25) is 0 Å². The first-order chi connectivity index (χ1) is 7.52. The summed E-state index contributed by atoms with van der Waals surface area (Å²) in [6.07, 6.45) is -0.391. The van der Waals surface area contributed by atoms with Crippen molar-refractivity contribution < 1.29 is 27.9 Å². The predicted molar refractivity (Wildman–Crippen MR) is 61.4 cm³/mol. The van der Waals surface area contributed by atoms with Gasteiger partial charge in [0.1, 0.15) is 0 Å². The van der Waals surface area contributed by atoms with Crippen molar-refractivity contribution in [2.45, 2.75) is 50.6 Å². The zero-order valence-corrected chi connectivity index (χ0v) is 11.3. The predicted octanol–water partition coefficient (Wildman–Crippen LogP) is 2.78. The van der Waals surface area contributed by atoms with Gasteiger partial charge in [0.15, 0.2) is 0 Å². The maximum atomic E-state index is 13.5. The molecule has 0 aliphatic rings. The lowest BCUT2D eigenvalue weighted by Crippen LogP contribution is -2.31. The van der Waals surface area contributed by atoms with Crippen molar-refractivity contribution in [3.63, 3.8) is 0 Å². The van der Waals surface area contributed by atoms with E-state index >= 15 is 0 Å². The Morgan fingerprint density at radius 1 is 1.24 bits per heavy atom. The third-order valence-corrected chi connectivity index (χ3v) is 4.36. The molecule has 0 aromatic rings. The molecule has 0 rings (SSSR count). The third-order valence-electron chi connectivity index (χ3n) is 2.62. The Balaban J connectivity index is 4.29. The molecule has 0 aromatic heterocycles. The minimum atomic E-state index is -4.51. The Morgan fingerprint density at radius 2 is 1.76 bits per heavy atom. The van der Waals surface area contributed by atoms with Crippen LogP contribution in [0.15, 0.2) is 0 Å². The summed E-state index contributed by atoms with van der Waals surface area (Å²) in [7, 11) is -3.02. The summed E-state index contributed by atoms with van der Waals surface area (Å²) in [4.78, 5) is 18.0. The molecule has 0 heterocycles. The lowest BCUT2D eigenvalue weighted by molar-refractivity contribution is -0.0290. The maximum absolute atomic E-state index is 13.5. The molecule has 104 valence electrons. The van der Waals surface area contributed by atoms with Crippen LogP contribution in [0.1, 0.15) is 39.5 Å². The second-order valence-electron chi connectivity index (χ2n) is 4.84. The number of ether oxygens (including phenoxy) is 1. The molecule has 0 fully saturated rings. The number of alkyl halides is 2. The van der Waals surface area contributed by atoms with Crippen LogP contribution < -0.4 is 0 Å². The van der Waals surface area contributed by atoms with E-state index in [9.17, 15) is 13.3 Å². The van der Waals surface area contributed by atoms with Crippen molar-refractivity contribution in [2.24, 2.45) is 0 Å². The zero-order chi connectivity index (χ0) is 13.7. The summed E-state index contributed by atoms with van der Waals surface area (Å²) >= 11 is 0. The van der Waals surface area contributed by atoms with Crippen LogP contribution in [0.25, 0.3) is 0 Å². The molecule has 7 heteroatoms. The van der Waals surface area contributed by atoms with Crippen molar-refractivity contribution in [1.82, 2.24) is 0 Å². The number of unbranched alkanes of at least 4 members (excludes halogenated alkanes) is 1. The van der Waals surface area contributed by atoms with Gasteiger partial charge in [-0.1, -0.05) is 0 Å². The van der Waals surface area contributed by atoms with Gasteiger partial charge in [-0.05, 0) is 26.7 Å².